The second-order valence-electron chi connectivity index (χ2n) is 4.71. The Morgan fingerprint density at radius 2 is 1.30 bits per heavy atom. The number of hydrogen-bond donors (Lipinski definition) is 3. The van der Waals surface area contributed by atoms with E-state index in [1.807, 2.05) is 0 Å². The number of carbonyl (C=O) groups is 3. The first-order valence-corrected chi connectivity index (χ1v) is 6.60. The van der Waals surface area contributed by atoms with Gasteiger partial charge in [-0.25, -0.2) is 14.4 Å². The summed E-state index contributed by atoms with van der Waals surface area (Å²) in [7, 11) is 0. The number of hydrogen-bond acceptors (Lipinski definition) is 3. The van der Waals surface area contributed by atoms with Gasteiger partial charge in [-0.3, -0.25) is 0 Å². The molecule has 0 amide bonds. The van der Waals surface area contributed by atoms with Gasteiger partial charge in [0.05, 0.1) is 16.7 Å². The fourth-order valence-corrected chi connectivity index (χ4v) is 1.85. The quantitative estimate of drug-likeness (QED) is 0.802. The van der Waals surface area contributed by atoms with Crippen LogP contribution < -0.4 is 0 Å². The van der Waals surface area contributed by atoms with Crippen LogP contribution in [0.25, 0.3) is 0 Å². The topological polar surface area (TPSA) is 112 Å². The molecule has 0 saturated carbocycles. The summed E-state index contributed by atoms with van der Waals surface area (Å²) in [6, 6.07) is 11.2. The molecule has 0 bridgehead atoms. The van der Waals surface area contributed by atoms with Crippen molar-refractivity contribution in [2.45, 2.75) is 13.8 Å². The van der Waals surface area contributed by atoms with Crippen molar-refractivity contribution in [3.05, 3.63) is 70.3 Å². The van der Waals surface area contributed by atoms with Crippen LogP contribution in [0.15, 0.2) is 42.5 Å². The molecule has 0 saturated heterocycles. The normalized spacial score (nSPS) is 9.48. The third kappa shape index (κ3) is 4.67. The fraction of sp³-hybridized carbons (Fsp3) is 0.118. The van der Waals surface area contributed by atoms with Crippen LogP contribution in [-0.4, -0.2) is 33.2 Å². The largest absolute Gasteiger partial charge is 0.478 e. The third-order valence-corrected chi connectivity index (χ3v) is 3.20. The first kappa shape index (κ1) is 17.9. The second-order valence-corrected chi connectivity index (χ2v) is 4.71. The van der Waals surface area contributed by atoms with E-state index in [0.29, 0.717) is 11.1 Å². The Hall–Kier alpha value is -3.15. The zero-order valence-corrected chi connectivity index (χ0v) is 12.6. The monoisotopic (exact) mass is 316 g/mol. The van der Waals surface area contributed by atoms with Crippen LogP contribution in [-0.2, 0) is 0 Å². The maximum atomic E-state index is 10.8. The molecule has 0 aromatic heterocycles. The Labute approximate surface area is 132 Å². The lowest BCUT2D eigenvalue weighted by molar-refractivity contribution is 0.0650. The molecule has 2 rings (SSSR count). The molecule has 2 aromatic rings. The molecule has 0 radical (unpaired) electrons. The zero-order valence-electron chi connectivity index (χ0n) is 12.6. The Bertz CT molecular complexity index is 734. The van der Waals surface area contributed by atoms with Gasteiger partial charge in [0.25, 0.3) is 0 Å². The summed E-state index contributed by atoms with van der Waals surface area (Å²) in [6.07, 6.45) is 0. The van der Waals surface area contributed by atoms with Crippen molar-refractivity contribution in [2.75, 3.05) is 0 Å². The van der Waals surface area contributed by atoms with Crippen molar-refractivity contribution in [1.29, 1.82) is 0 Å². The van der Waals surface area contributed by atoms with E-state index in [1.165, 1.54) is 6.07 Å². The summed E-state index contributed by atoms with van der Waals surface area (Å²) >= 11 is 0. The lowest BCUT2D eigenvalue weighted by Gasteiger charge is -2.07. The molecule has 0 fully saturated rings. The predicted octanol–water partition coefficient (Wildman–Crippen LogP) is 3.08. The highest BCUT2D eigenvalue weighted by atomic mass is 16.4. The molecular formula is C17H16O6. The summed E-state index contributed by atoms with van der Waals surface area (Å²) in [4.78, 5) is 31.8. The van der Waals surface area contributed by atoms with E-state index < -0.39 is 17.9 Å². The second kappa shape index (κ2) is 7.74. The molecule has 120 valence electrons. The van der Waals surface area contributed by atoms with Crippen molar-refractivity contribution in [1.82, 2.24) is 0 Å². The Morgan fingerprint density at radius 3 is 1.70 bits per heavy atom. The van der Waals surface area contributed by atoms with Gasteiger partial charge in [0.15, 0.2) is 0 Å². The van der Waals surface area contributed by atoms with Crippen LogP contribution in [0.5, 0.6) is 0 Å². The summed E-state index contributed by atoms with van der Waals surface area (Å²) in [6.45, 7) is 3.35. The number of benzene rings is 2. The SMILES string of the molecule is Cc1ccc(C(=O)O)c(C(=O)O)c1C.O=C(O)c1ccccc1. The van der Waals surface area contributed by atoms with Crippen LogP contribution >= 0.6 is 0 Å². The number of carboxylic acid groups (broad SMARTS) is 3. The number of rotatable bonds is 3. The molecule has 0 spiro atoms. The van der Waals surface area contributed by atoms with Gasteiger partial charge in [-0.1, -0.05) is 24.3 Å². The number of carboxylic acids is 3. The van der Waals surface area contributed by atoms with Crippen LogP contribution in [0, 0.1) is 13.8 Å². The summed E-state index contributed by atoms with van der Waals surface area (Å²) in [5, 5.41) is 26.0. The molecule has 6 heteroatoms. The average molecular weight is 316 g/mol. The highest BCUT2D eigenvalue weighted by Crippen LogP contribution is 2.18. The van der Waals surface area contributed by atoms with Crippen molar-refractivity contribution >= 4 is 17.9 Å². The molecule has 0 aliphatic carbocycles. The van der Waals surface area contributed by atoms with E-state index in [4.69, 9.17) is 15.3 Å². The molecule has 2 aromatic carbocycles. The van der Waals surface area contributed by atoms with E-state index in [0.717, 1.165) is 5.56 Å². The van der Waals surface area contributed by atoms with Gasteiger partial charge in [-0.2, -0.15) is 0 Å². The van der Waals surface area contributed by atoms with Gasteiger partial charge in [0, 0.05) is 0 Å². The lowest BCUT2D eigenvalue weighted by Crippen LogP contribution is -2.10. The average Bonchev–Trinajstić information content (AvgIpc) is 2.50. The Morgan fingerprint density at radius 1 is 0.739 bits per heavy atom. The van der Waals surface area contributed by atoms with Crippen LogP contribution in [0.3, 0.4) is 0 Å². The first-order chi connectivity index (χ1) is 10.8. The number of aromatic carboxylic acids is 3. The standard InChI is InChI=1S/C10H10O4.C7H6O2/c1-5-3-4-7(9(11)12)8(6(5)2)10(13)14;8-7(9)6-4-2-1-3-5-6/h3-4H,1-2H3,(H,11,12)(H,13,14);1-5H,(H,8,9). The molecule has 0 heterocycles. The van der Waals surface area contributed by atoms with E-state index >= 15 is 0 Å². The maximum Gasteiger partial charge on any atom is 0.336 e. The highest BCUT2D eigenvalue weighted by Gasteiger charge is 2.18. The minimum atomic E-state index is -1.22. The summed E-state index contributed by atoms with van der Waals surface area (Å²) in [5.74, 6) is -3.30. The molecule has 6 nitrogen and oxygen atoms in total. The van der Waals surface area contributed by atoms with Crippen molar-refractivity contribution in [3.63, 3.8) is 0 Å². The highest BCUT2D eigenvalue weighted by molar-refractivity contribution is 6.02. The van der Waals surface area contributed by atoms with Gasteiger partial charge in [-0.05, 0) is 43.2 Å². The third-order valence-electron chi connectivity index (χ3n) is 3.20. The van der Waals surface area contributed by atoms with Crippen molar-refractivity contribution < 1.29 is 29.7 Å². The minimum absolute atomic E-state index is 0.127. The van der Waals surface area contributed by atoms with Gasteiger partial charge < -0.3 is 15.3 Å². The summed E-state index contributed by atoms with van der Waals surface area (Å²) < 4.78 is 0. The van der Waals surface area contributed by atoms with E-state index in [2.05, 4.69) is 0 Å². The molecule has 0 aliphatic rings. The van der Waals surface area contributed by atoms with Crippen molar-refractivity contribution in [2.24, 2.45) is 0 Å². The zero-order chi connectivity index (χ0) is 17.6. The Kier molecular flexibility index (Phi) is 6.03. The van der Waals surface area contributed by atoms with Crippen LogP contribution in [0.4, 0.5) is 0 Å². The van der Waals surface area contributed by atoms with E-state index in [9.17, 15) is 14.4 Å². The molecule has 0 unspecified atom stereocenters. The van der Waals surface area contributed by atoms with Gasteiger partial charge >= 0.3 is 17.9 Å². The van der Waals surface area contributed by atoms with Crippen LogP contribution in [0.2, 0.25) is 0 Å². The fourth-order valence-electron chi connectivity index (χ4n) is 1.85. The lowest BCUT2D eigenvalue weighted by atomic mass is 9.98. The van der Waals surface area contributed by atoms with E-state index in [1.54, 1.807) is 50.2 Å². The molecule has 3 N–H and O–H groups in total. The Balaban J connectivity index is 0.000000253. The maximum absolute atomic E-state index is 10.8. The number of aryl methyl sites for hydroxylation is 1. The van der Waals surface area contributed by atoms with Gasteiger partial charge in [0.2, 0.25) is 0 Å². The van der Waals surface area contributed by atoms with Crippen LogP contribution in [0.1, 0.15) is 42.2 Å². The first-order valence-electron chi connectivity index (χ1n) is 6.60. The molecule has 0 atom stereocenters. The van der Waals surface area contributed by atoms with Crippen molar-refractivity contribution in [3.8, 4) is 0 Å². The van der Waals surface area contributed by atoms with Gasteiger partial charge in [0.1, 0.15) is 0 Å². The molecule has 23 heavy (non-hydrogen) atoms. The summed E-state index contributed by atoms with van der Waals surface area (Å²) in [5.41, 5.74) is 1.31. The van der Waals surface area contributed by atoms with Gasteiger partial charge in [-0.15, -0.1) is 0 Å². The van der Waals surface area contributed by atoms with E-state index in [-0.39, 0.29) is 11.1 Å². The predicted molar refractivity (Wildman–Crippen MR) is 83.2 cm³/mol. The molecular weight excluding hydrogens is 300 g/mol. The molecule has 0 aliphatic heterocycles. The smallest absolute Gasteiger partial charge is 0.336 e. The minimum Gasteiger partial charge on any atom is -0.478 e.